The molecular weight excluding hydrogens is 168 g/mol. The van der Waals surface area contributed by atoms with Gasteiger partial charge in [0, 0.05) is 12.0 Å². The van der Waals surface area contributed by atoms with Crippen molar-refractivity contribution in [2.45, 2.75) is 27.2 Å². The van der Waals surface area contributed by atoms with Gasteiger partial charge in [-0.1, -0.05) is 13.8 Å². The third-order valence-electron chi connectivity index (χ3n) is 2.42. The first-order valence-corrected chi connectivity index (χ1v) is 4.82. The molecule has 0 aromatic heterocycles. The Labute approximate surface area is 79.4 Å². The van der Waals surface area contributed by atoms with Crippen LogP contribution in [0.1, 0.15) is 27.2 Å². The van der Waals surface area contributed by atoms with Crippen molar-refractivity contribution in [3.05, 3.63) is 0 Å². The van der Waals surface area contributed by atoms with Crippen LogP contribution < -0.4 is 0 Å². The molecule has 0 saturated carbocycles. The lowest BCUT2D eigenvalue weighted by atomic mass is 9.81. The van der Waals surface area contributed by atoms with Gasteiger partial charge in [-0.2, -0.15) is 0 Å². The smallest absolute Gasteiger partial charge is 0.308 e. The molecule has 0 aliphatic carbocycles. The maximum atomic E-state index is 11.1. The van der Waals surface area contributed by atoms with Crippen LogP contribution in [0, 0.1) is 11.3 Å². The van der Waals surface area contributed by atoms with Crippen molar-refractivity contribution < 1.29 is 14.3 Å². The van der Waals surface area contributed by atoms with Gasteiger partial charge in [0.05, 0.1) is 19.1 Å². The average molecular weight is 186 g/mol. The number of ether oxygens (including phenoxy) is 2. The highest BCUT2D eigenvalue weighted by Gasteiger charge is 2.36. The number of esters is 1. The van der Waals surface area contributed by atoms with Crippen molar-refractivity contribution in [1.82, 2.24) is 0 Å². The molecule has 1 aliphatic rings. The Morgan fingerprint density at radius 2 is 2.38 bits per heavy atom. The van der Waals surface area contributed by atoms with Crippen LogP contribution in [-0.4, -0.2) is 25.8 Å². The number of carbonyl (C=O) groups is 1. The largest absolute Gasteiger partial charge is 0.465 e. The molecule has 0 radical (unpaired) electrons. The van der Waals surface area contributed by atoms with Gasteiger partial charge >= 0.3 is 5.97 Å². The van der Waals surface area contributed by atoms with Crippen LogP contribution in [0.4, 0.5) is 0 Å². The second-order valence-electron chi connectivity index (χ2n) is 4.16. The molecule has 1 rings (SSSR count). The molecule has 76 valence electrons. The van der Waals surface area contributed by atoms with E-state index in [0.29, 0.717) is 13.2 Å². The summed E-state index contributed by atoms with van der Waals surface area (Å²) in [5.74, 6) is -0.0619. The SMILES string of the molecule is CCOCC1(C)COC(=O)C(C)C1. The summed E-state index contributed by atoms with van der Waals surface area (Å²) in [5, 5.41) is 0. The van der Waals surface area contributed by atoms with E-state index in [9.17, 15) is 4.79 Å². The number of rotatable bonds is 3. The van der Waals surface area contributed by atoms with Crippen molar-refractivity contribution in [3.63, 3.8) is 0 Å². The summed E-state index contributed by atoms with van der Waals surface area (Å²) in [6.45, 7) is 7.88. The van der Waals surface area contributed by atoms with E-state index >= 15 is 0 Å². The normalized spacial score (nSPS) is 34.4. The first-order chi connectivity index (χ1) is 6.07. The fraction of sp³-hybridized carbons (Fsp3) is 0.900. The summed E-state index contributed by atoms with van der Waals surface area (Å²) in [6.07, 6.45) is 0.867. The molecule has 3 heteroatoms. The van der Waals surface area contributed by atoms with E-state index in [-0.39, 0.29) is 17.3 Å². The van der Waals surface area contributed by atoms with Crippen molar-refractivity contribution in [2.24, 2.45) is 11.3 Å². The zero-order chi connectivity index (χ0) is 9.90. The summed E-state index contributed by atoms with van der Waals surface area (Å²) in [6, 6.07) is 0. The Balaban J connectivity index is 2.46. The van der Waals surface area contributed by atoms with E-state index in [0.717, 1.165) is 13.0 Å². The maximum Gasteiger partial charge on any atom is 0.308 e. The maximum absolute atomic E-state index is 11.1. The highest BCUT2D eigenvalue weighted by molar-refractivity contribution is 5.72. The van der Waals surface area contributed by atoms with Crippen molar-refractivity contribution in [1.29, 1.82) is 0 Å². The van der Waals surface area contributed by atoms with Crippen LogP contribution in [0.25, 0.3) is 0 Å². The van der Waals surface area contributed by atoms with Gasteiger partial charge in [0.25, 0.3) is 0 Å². The Kier molecular flexibility index (Phi) is 3.31. The van der Waals surface area contributed by atoms with Crippen LogP contribution in [-0.2, 0) is 14.3 Å². The standard InChI is InChI=1S/C10H18O3/c1-4-12-6-10(3)5-8(2)9(11)13-7-10/h8H,4-7H2,1-3H3. The van der Waals surface area contributed by atoms with Gasteiger partial charge in [-0.3, -0.25) is 4.79 Å². The summed E-state index contributed by atoms with van der Waals surface area (Å²) in [5.41, 5.74) is 0.0172. The number of hydrogen-bond acceptors (Lipinski definition) is 3. The summed E-state index contributed by atoms with van der Waals surface area (Å²) in [4.78, 5) is 11.1. The van der Waals surface area contributed by atoms with E-state index in [4.69, 9.17) is 9.47 Å². The zero-order valence-corrected chi connectivity index (χ0v) is 8.63. The second-order valence-corrected chi connectivity index (χ2v) is 4.16. The van der Waals surface area contributed by atoms with Crippen LogP contribution in [0.3, 0.4) is 0 Å². The molecule has 13 heavy (non-hydrogen) atoms. The Morgan fingerprint density at radius 3 is 2.92 bits per heavy atom. The van der Waals surface area contributed by atoms with Gasteiger partial charge in [-0.25, -0.2) is 0 Å². The summed E-state index contributed by atoms with van der Waals surface area (Å²) >= 11 is 0. The minimum Gasteiger partial charge on any atom is -0.465 e. The van der Waals surface area contributed by atoms with E-state index < -0.39 is 0 Å². The summed E-state index contributed by atoms with van der Waals surface area (Å²) in [7, 11) is 0. The van der Waals surface area contributed by atoms with Crippen molar-refractivity contribution in [3.8, 4) is 0 Å². The van der Waals surface area contributed by atoms with Gasteiger partial charge in [-0.15, -0.1) is 0 Å². The minimum atomic E-state index is -0.0750. The van der Waals surface area contributed by atoms with Gasteiger partial charge in [-0.05, 0) is 13.3 Å². The molecule has 1 saturated heterocycles. The van der Waals surface area contributed by atoms with Gasteiger partial charge in [0.2, 0.25) is 0 Å². The van der Waals surface area contributed by atoms with Crippen molar-refractivity contribution in [2.75, 3.05) is 19.8 Å². The minimum absolute atomic E-state index is 0.0132. The van der Waals surface area contributed by atoms with Gasteiger partial charge in [0.15, 0.2) is 0 Å². The Bertz CT molecular complexity index is 191. The lowest BCUT2D eigenvalue weighted by molar-refractivity contribution is -0.163. The average Bonchev–Trinajstić information content (AvgIpc) is 2.09. The monoisotopic (exact) mass is 186 g/mol. The molecule has 0 bridgehead atoms. The van der Waals surface area contributed by atoms with Crippen LogP contribution >= 0.6 is 0 Å². The van der Waals surface area contributed by atoms with E-state index in [1.807, 2.05) is 13.8 Å². The molecule has 0 N–H and O–H groups in total. The Hall–Kier alpha value is -0.570. The first-order valence-electron chi connectivity index (χ1n) is 4.82. The molecule has 0 aromatic rings. The lowest BCUT2D eigenvalue weighted by Crippen LogP contribution is -2.39. The third kappa shape index (κ3) is 2.69. The van der Waals surface area contributed by atoms with Crippen LogP contribution in [0.2, 0.25) is 0 Å². The Morgan fingerprint density at radius 1 is 1.69 bits per heavy atom. The molecule has 1 fully saturated rings. The lowest BCUT2D eigenvalue weighted by Gasteiger charge is -2.35. The molecule has 2 atom stereocenters. The van der Waals surface area contributed by atoms with Gasteiger partial charge < -0.3 is 9.47 Å². The van der Waals surface area contributed by atoms with Crippen molar-refractivity contribution >= 4 is 5.97 Å². The second kappa shape index (κ2) is 4.09. The molecule has 0 amide bonds. The van der Waals surface area contributed by atoms with Gasteiger partial charge in [0.1, 0.15) is 0 Å². The third-order valence-corrected chi connectivity index (χ3v) is 2.42. The topological polar surface area (TPSA) is 35.5 Å². The highest BCUT2D eigenvalue weighted by Crippen LogP contribution is 2.31. The van der Waals surface area contributed by atoms with E-state index in [1.165, 1.54) is 0 Å². The predicted molar refractivity (Wildman–Crippen MR) is 49.3 cm³/mol. The van der Waals surface area contributed by atoms with Crippen LogP contribution in [0.5, 0.6) is 0 Å². The fourth-order valence-electron chi connectivity index (χ4n) is 1.72. The molecule has 2 unspecified atom stereocenters. The van der Waals surface area contributed by atoms with Crippen LogP contribution in [0.15, 0.2) is 0 Å². The quantitative estimate of drug-likeness (QED) is 0.628. The fourth-order valence-corrected chi connectivity index (χ4v) is 1.72. The number of cyclic esters (lactones) is 1. The number of hydrogen-bond donors (Lipinski definition) is 0. The molecule has 3 nitrogen and oxygen atoms in total. The highest BCUT2D eigenvalue weighted by atomic mass is 16.5. The molecule has 1 aliphatic heterocycles. The number of carbonyl (C=O) groups excluding carboxylic acids is 1. The van der Waals surface area contributed by atoms with E-state index in [2.05, 4.69) is 6.92 Å². The molecule has 1 heterocycles. The molecule has 0 aromatic carbocycles. The van der Waals surface area contributed by atoms with E-state index in [1.54, 1.807) is 0 Å². The first kappa shape index (κ1) is 10.5. The molecular formula is C10H18O3. The zero-order valence-electron chi connectivity index (χ0n) is 8.63. The predicted octanol–water partition coefficient (Wildman–Crippen LogP) is 1.61. The molecule has 0 spiro atoms. The summed E-state index contributed by atoms with van der Waals surface area (Å²) < 4.78 is 10.5.